The molecule has 0 atom stereocenters. The molecule has 1 aromatic carbocycles. The maximum absolute atomic E-state index is 9.11. The Morgan fingerprint density at radius 2 is 1.17 bits per heavy atom. The summed E-state index contributed by atoms with van der Waals surface area (Å²) in [6, 6.07) is 4.99. The Bertz CT molecular complexity index is 393. The molecule has 1 aromatic rings. The van der Waals surface area contributed by atoms with Crippen LogP contribution >= 0.6 is 0 Å². The van der Waals surface area contributed by atoms with Gasteiger partial charge in [-0.05, 0) is 80.0 Å². The first kappa shape index (κ1) is 20.2. The molecule has 0 unspecified atom stereocenters. The molecule has 0 bridgehead atoms. The van der Waals surface area contributed by atoms with Crippen LogP contribution in [0.25, 0.3) is 0 Å². The van der Waals surface area contributed by atoms with E-state index < -0.39 is 0 Å². The molecule has 0 radical (unpaired) electrons. The Labute approximate surface area is 144 Å². The van der Waals surface area contributed by atoms with Gasteiger partial charge in [0.25, 0.3) is 0 Å². The summed E-state index contributed by atoms with van der Waals surface area (Å²) in [5.41, 5.74) is 6.37. The summed E-state index contributed by atoms with van der Waals surface area (Å²) in [4.78, 5) is 0. The van der Waals surface area contributed by atoms with Gasteiger partial charge in [0.05, 0.1) is 0 Å². The van der Waals surface area contributed by atoms with Gasteiger partial charge in [-0.2, -0.15) is 0 Å². The maximum atomic E-state index is 9.11. The Morgan fingerprint density at radius 1 is 0.652 bits per heavy atom. The van der Waals surface area contributed by atoms with E-state index in [-0.39, 0.29) is 0 Å². The van der Waals surface area contributed by atoms with Crippen LogP contribution in [0.5, 0.6) is 0 Å². The summed E-state index contributed by atoms with van der Waals surface area (Å²) < 4.78 is 0. The van der Waals surface area contributed by atoms with Gasteiger partial charge in [-0.1, -0.05) is 52.2 Å². The van der Waals surface area contributed by atoms with Crippen molar-refractivity contribution in [3.63, 3.8) is 0 Å². The van der Waals surface area contributed by atoms with Crippen LogP contribution in [0.15, 0.2) is 12.1 Å². The lowest BCUT2D eigenvalue weighted by Gasteiger charge is -2.18. The lowest BCUT2D eigenvalue weighted by atomic mass is 9.88. The molecule has 23 heavy (non-hydrogen) atoms. The molecular weight excluding hydrogens is 280 g/mol. The fourth-order valence-electron chi connectivity index (χ4n) is 3.31. The first-order chi connectivity index (χ1) is 11.3. The quantitative estimate of drug-likeness (QED) is 0.440. The Morgan fingerprint density at radius 3 is 1.65 bits per heavy atom. The molecule has 0 amide bonds. The highest BCUT2D eigenvalue weighted by molar-refractivity contribution is 5.40. The van der Waals surface area contributed by atoms with E-state index in [0.717, 1.165) is 19.3 Å². The summed E-state index contributed by atoms with van der Waals surface area (Å²) >= 11 is 0. The SMILES string of the molecule is CCCCc1cc(CCCC)c(CCCCO)c(CCCC)c1. The first-order valence-electron chi connectivity index (χ1n) is 10.0. The van der Waals surface area contributed by atoms with Gasteiger partial charge in [0.15, 0.2) is 0 Å². The molecule has 0 aliphatic rings. The summed E-state index contributed by atoms with van der Waals surface area (Å²) in [6.07, 6.45) is 14.5. The molecule has 1 nitrogen and oxygen atoms in total. The highest BCUT2D eigenvalue weighted by Gasteiger charge is 2.11. The zero-order chi connectivity index (χ0) is 16.9. The molecule has 1 rings (SSSR count). The third-order valence-electron chi connectivity index (χ3n) is 4.75. The van der Waals surface area contributed by atoms with Crippen LogP contribution in [-0.4, -0.2) is 11.7 Å². The van der Waals surface area contributed by atoms with E-state index in [4.69, 9.17) is 5.11 Å². The smallest absolute Gasteiger partial charge is 0.0431 e. The molecule has 132 valence electrons. The molecule has 0 aliphatic carbocycles. The fourth-order valence-corrected chi connectivity index (χ4v) is 3.31. The van der Waals surface area contributed by atoms with Gasteiger partial charge in [0, 0.05) is 6.61 Å². The second kappa shape index (κ2) is 12.6. The van der Waals surface area contributed by atoms with Crippen LogP contribution in [0.3, 0.4) is 0 Å². The van der Waals surface area contributed by atoms with Crippen molar-refractivity contribution in [1.82, 2.24) is 0 Å². The molecule has 0 saturated carbocycles. The third kappa shape index (κ3) is 7.52. The van der Waals surface area contributed by atoms with E-state index in [2.05, 4.69) is 32.9 Å². The molecule has 1 heteroatoms. The van der Waals surface area contributed by atoms with Crippen LogP contribution in [0.2, 0.25) is 0 Å². The predicted octanol–water partition coefficient (Wildman–Crippen LogP) is 6.03. The highest BCUT2D eigenvalue weighted by atomic mass is 16.2. The summed E-state index contributed by atoms with van der Waals surface area (Å²) in [5, 5.41) is 9.11. The van der Waals surface area contributed by atoms with Crippen molar-refractivity contribution >= 4 is 0 Å². The van der Waals surface area contributed by atoms with Gasteiger partial charge in [-0.25, -0.2) is 0 Å². The largest absolute Gasteiger partial charge is 0.396 e. The number of aryl methyl sites for hydroxylation is 3. The van der Waals surface area contributed by atoms with Crippen molar-refractivity contribution in [2.75, 3.05) is 6.61 Å². The molecular formula is C22H38O. The number of rotatable bonds is 13. The Balaban J connectivity index is 3.05. The molecule has 0 aliphatic heterocycles. The topological polar surface area (TPSA) is 20.2 Å². The van der Waals surface area contributed by atoms with Crippen LogP contribution < -0.4 is 0 Å². The van der Waals surface area contributed by atoms with Gasteiger partial charge in [-0.15, -0.1) is 0 Å². The van der Waals surface area contributed by atoms with Crippen LogP contribution in [0, 0.1) is 0 Å². The molecule has 0 saturated heterocycles. The van der Waals surface area contributed by atoms with Gasteiger partial charge in [0.2, 0.25) is 0 Å². The molecule has 0 fully saturated rings. The monoisotopic (exact) mass is 318 g/mol. The van der Waals surface area contributed by atoms with E-state index >= 15 is 0 Å². The van der Waals surface area contributed by atoms with Gasteiger partial charge in [0.1, 0.15) is 0 Å². The standard InChI is InChI=1S/C22H38O/c1-4-7-12-19-17-20(13-8-5-2)22(15-10-11-16-23)21(18-19)14-9-6-3/h17-18,23H,4-16H2,1-3H3. The lowest BCUT2D eigenvalue weighted by Crippen LogP contribution is -2.04. The zero-order valence-corrected chi connectivity index (χ0v) is 15.8. The maximum Gasteiger partial charge on any atom is 0.0431 e. The third-order valence-corrected chi connectivity index (χ3v) is 4.75. The lowest BCUT2D eigenvalue weighted by molar-refractivity contribution is 0.284. The predicted molar refractivity (Wildman–Crippen MR) is 102 cm³/mol. The first-order valence-corrected chi connectivity index (χ1v) is 10.0. The number of aliphatic hydroxyl groups is 1. The number of aliphatic hydroxyl groups excluding tert-OH is 1. The molecule has 0 heterocycles. The van der Waals surface area contributed by atoms with Crippen molar-refractivity contribution in [3.05, 3.63) is 34.4 Å². The number of hydrogen-bond acceptors (Lipinski definition) is 1. The average molecular weight is 319 g/mol. The van der Waals surface area contributed by atoms with Crippen molar-refractivity contribution < 1.29 is 5.11 Å². The van der Waals surface area contributed by atoms with E-state index in [1.807, 2.05) is 0 Å². The van der Waals surface area contributed by atoms with Gasteiger partial charge < -0.3 is 5.11 Å². The molecule has 0 aromatic heterocycles. The number of benzene rings is 1. The Kier molecular flexibility index (Phi) is 11.1. The van der Waals surface area contributed by atoms with Gasteiger partial charge in [-0.3, -0.25) is 0 Å². The van der Waals surface area contributed by atoms with Crippen LogP contribution in [0.4, 0.5) is 0 Å². The number of hydrogen-bond donors (Lipinski definition) is 1. The fraction of sp³-hybridized carbons (Fsp3) is 0.727. The van der Waals surface area contributed by atoms with E-state index in [1.165, 1.54) is 57.8 Å². The summed E-state index contributed by atoms with van der Waals surface area (Å²) in [6.45, 7) is 7.16. The molecule has 1 N–H and O–H groups in total. The van der Waals surface area contributed by atoms with Crippen molar-refractivity contribution in [2.45, 2.75) is 97.8 Å². The second-order valence-corrected chi connectivity index (χ2v) is 6.88. The van der Waals surface area contributed by atoms with E-state index in [0.29, 0.717) is 6.61 Å². The zero-order valence-electron chi connectivity index (χ0n) is 15.8. The second-order valence-electron chi connectivity index (χ2n) is 6.88. The van der Waals surface area contributed by atoms with Crippen molar-refractivity contribution in [1.29, 1.82) is 0 Å². The highest BCUT2D eigenvalue weighted by Crippen LogP contribution is 2.25. The average Bonchev–Trinajstić information content (AvgIpc) is 2.57. The summed E-state index contributed by atoms with van der Waals surface area (Å²) in [5.74, 6) is 0. The van der Waals surface area contributed by atoms with Crippen molar-refractivity contribution in [3.8, 4) is 0 Å². The van der Waals surface area contributed by atoms with Gasteiger partial charge >= 0.3 is 0 Å². The minimum Gasteiger partial charge on any atom is -0.396 e. The Hall–Kier alpha value is -0.820. The van der Waals surface area contributed by atoms with Crippen LogP contribution in [0.1, 0.15) is 94.4 Å². The number of unbranched alkanes of at least 4 members (excludes halogenated alkanes) is 4. The van der Waals surface area contributed by atoms with Crippen LogP contribution in [-0.2, 0) is 25.7 Å². The van der Waals surface area contributed by atoms with E-state index in [1.54, 1.807) is 22.3 Å². The summed E-state index contributed by atoms with van der Waals surface area (Å²) in [7, 11) is 0. The van der Waals surface area contributed by atoms with E-state index in [9.17, 15) is 0 Å². The minimum absolute atomic E-state index is 0.323. The van der Waals surface area contributed by atoms with Crippen molar-refractivity contribution in [2.24, 2.45) is 0 Å². The normalized spacial score (nSPS) is 11.1. The molecule has 0 spiro atoms. The minimum atomic E-state index is 0.323.